The van der Waals surface area contributed by atoms with E-state index in [1.54, 1.807) is 12.1 Å². The van der Waals surface area contributed by atoms with Gasteiger partial charge < -0.3 is 10.1 Å². The van der Waals surface area contributed by atoms with E-state index in [1.807, 2.05) is 6.07 Å². The molecule has 2 heterocycles. The number of ether oxygens (including phenoxy) is 1. The molecule has 124 valence electrons. The van der Waals surface area contributed by atoms with Gasteiger partial charge in [0.05, 0.1) is 34.5 Å². The van der Waals surface area contributed by atoms with Crippen LogP contribution in [0.25, 0.3) is 0 Å². The summed E-state index contributed by atoms with van der Waals surface area (Å²) in [6.07, 6.45) is 1.05. The molecule has 7 heteroatoms. The van der Waals surface area contributed by atoms with Crippen LogP contribution in [0.3, 0.4) is 0 Å². The first-order valence-electron chi connectivity index (χ1n) is 7.88. The van der Waals surface area contributed by atoms with Gasteiger partial charge in [-0.15, -0.1) is 0 Å². The summed E-state index contributed by atoms with van der Waals surface area (Å²) in [6.45, 7) is 4.24. The van der Waals surface area contributed by atoms with Crippen molar-refractivity contribution in [1.29, 1.82) is 5.26 Å². The Morgan fingerprint density at radius 3 is 2.48 bits per heavy atom. The van der Waals surface area contributed by atoms with Crippen molar-refractivity contribution < 1.29 is 13.2 Å². The predicted octanol–water partition coefficient (Wildman–Crippen LogP) is 0.395. The molecular formula is C16H21N3O3S. The molecule has 1 aromatic carbocycles. The molecule has 2 aliphatic rings. The van der Waals surface area contributed by atoms with Gasteiger partial charge in [0, 0.05) is 26.2 Å². The molecule has 2 unspecified atom stereocenters. The van der Waals surface area contributed by atoms with Gasteiger partial charge in [0.2, 0.25) is 0 Å². The van der Waals surface area contributed by atoms with Gasteiger partial charge in [0.15, 0.2) is 9.84 Å². The van der Waals surface area contributed by atoms with Crippen LogP contribution in [0.4, 0.5) is 0 Å². The molecule has 2 aliphatic heterocycles. The second-order valence-corrected chi connectivity index (χ2v) is 8.22. The molecule has 0 aromatic heterocycles. The van der Waals surface area contributed by atoms with Gasteiger partial charge in [-0.05, 0) is 37.2 Å². The molecule has 2 atom stereocenters. The summed E-state index contributed by atoms with van der Waals surface area (Å²) in [6, 6.07) is 8.11. The number of hydrogen-bond donors (Lipinski definition) is 1. The lowest BCUT2D eigenvalue weighted by molar-refractivity contribution is -0.102. The van der Waals surface area contributed by atoms with Crippen molar-refractivity contribution in [3.05, 3.63) is 29.8 Å². The van der Waals surface area contributed by atoms with Crippen molar-refractivity contribution in [3.63, 3.8) is 0 Å². The van der Waals surface area contributed by atoms with E-state index in [-0.39, 0.29) is 18.0 Å². The molecule has 0 spiro atoms. The maximum absolute atomic E-state index is 12.3. The SMILES string of the molecule is N#Cc1ccc(S(=O)(=O)CCCN2CC3CNCC(C2)O3)cc1. The summed E-state index contributed by atoms with van der Waals surface area (Å²) in [5.41, 5.74) is 0.470. The van der Waals surface area contributed by atoms with Crippen molar-refractivity contribution >= 4 is 9.84 Å². The third-order valence-corrected chi connectivity index (χ3v) is 6.10. The van der Waals surface area contributed by atoms with Crippen molar-refractivity contribution in [3.8, 4) is 6.07 Å². The van der Waals surface area contributed by atoms with E-state index in [9.17, 15) is 8.42 Å². The van der Waals surface area contributed by atoms with E-state index in [2.05, 4.69) is 10.2 Å². The Morgan fingerprint density at radius 1 is 1.22 bits per heavy atom. The normalized spacial score (nSPS) is 25.0. The first-order chi connectivity index (χ1) is 11.1. The molecule has 1 aromatic rings. The Bertz CT molecular complexity index is 670. The number of benzene rings is 1. The number of rotatable bonds is 5. The smallest absolute Gasteiger partial charge is 0.178 e. The fraction of sp³-hybridized carbons (Fsp3) is 0.562. The Hall–Kier alpha value is -1.46. The van der Waals surface area contributed by atoms with Gasteiger partial charge >= 0.3 is 0 Å². The molecule has 6 nitrogen and oxygen atoms in total. The highest BCUT2D eigenvalue weighted by atomic mass is 32.2. The average Bonchev–Trinajstić information content (AvgIpc) is 2.54. The summed E-state index contributed by atoms with van der Waals surface area (Å²) < 4.78 is 30.5. The van der Waals surface area contributed by atoms with E-state index in [0.717, 1.165) is 32.7 Å². The highest BCUT2D eigenvalue weighted by Gasteiger charge is 2.30. The quantitative estimate of drug-likeness (QED) is 0.838. The van der Waals surface area contributed by atoms with Crippen LogP contribution in [0, 0.1) is 11.3 Å². The van der Waals surface area contributed by atoms with Crippen LogP contribution in [-0.2, 0) is 14.6 Å². The molecule has 0 saturated carbocycles. The van der Waals surface area contributed by atoms with Gasteiger partial charge in [-0.3, -0.25) is 4.90 Å². The van der Waals surface area contributed by atoms with E-state index in [1.165, 1.54) is 12.1 Å². The highest BCUT2D eigenvalue weighted by Crippen LogP contribution is 2.16. The maximum atomic E-state index is 12.3. The minimum atomic E-state index is -3.28. The summed E-state index contributed by atoms with van der Waals surface area (Å²) in [4.78, 5) is 2.59. The number of sulfone groups is 1. The summed E-state index contributed by atoms with van der Waals surface area (Å²) in [7, 11) is -3.28. The fourth-order valence-electron chi connectivity index (χ4n) is 3.15. The topological polar surface area (TPSA) is 82.4 Å². The zero-order valence-corrected chi connectivity index (χ0v) is 13.8. The molecule has 1 N–H and O–H groups in total. The fourth-order valence-corrected chi connectivity index (χ4v) is 4.45. The molecule has 2 bridgehead atoms. The zero-order valence-electron chi connectivity index (χ0n) is 12.9. The predicted molar refractivity (Wildman–Crippen MR) is 85.8 cm³/mol. The third kappa shape index (κ3) is 4.09. The first kappa shape index (κ1) is 16.4. The minimum Gasteiger partial charge on any atom is -0.370 e. The molecular weight excluding hydrogens is 314 g/mol. The van der Waals surface area contributed by atoms with Gasteiger partial charge in [0.1, 0.15) is 0 Å². The lowest BCUT2D eigenvalue weighted by atomic mass is 10.1. The Labute approximate surface area is 137 Å². The number of nitrogens with one attached hydrogen (secondary N) is 1. The van der Waals surface area contributed by atoms with Crippen LogP contribution in [0.2, 0.25) is 0 Å². The van der Waals surface area contributed by atoms with Gasteiger partial charge in [-0.2, -0.15) is 5.26 Å². The highest BCUT2D eigenvalue weighted by molar-refractivity contribution is 7.91. The molecule has 2 saturated heterocycles. The largest absolute Gasteiger partial charge is 0.370 e. The van der Waals surface area contributed by atoms with E-state index in [0.29, 0.717) is 16.9 Å². The van der Waals surface area contributed by atoms with Crippen molar-refractivity contribution in [2.24, 2.45) is 0 Å². The molecule has 0 aliphatic carbocycles. The monoisotopic (exact) mass is 335 g/mol. The number of morpholine rings is 2. The molecule has 0 radical (unpaired) electrons. The second-order valence-electron chi connectivity index (χ2n) is 6.11. The average molecular weight is 335 g/mol. The third-order valence-electron chi connectivity index (χ3n) is 4.28. The van der Waals surface area contributed by atoms with Crippen LogP contribution in [0.1, 0.15) is 12.0 Å². The lowest BCUT2D eigenvalue weighted by Crippen LogP contribution is -2.58. The number of nitriles is 1. The van der Waals surface area contributed by atoms with Crippen molar-refractivity contribution in [2.75, 3.05) is 38.5 Å². The minimum absolute atomic E-state index is 0.129. The van der Waals surface area contributed by atoms with E-state index < -0.39 is 9.84 Å². The Morgan fingerprint density at radius 2 is 1.87 bits per heavy atom. The lowest BCUT2D eigenvalue weighted by Gasteiger charge is -2.41. The van der Waals surface area contributed by atoms with E-state index in [4.69, 9.17) is 10.00 Å². The van der Waals surface area contributed by atoms with Gasteiger partial charge in [-0.1, -0.05) is 0 Å². The summed E-state index contributed by atoms with van der Waals surface area (Å²) >= 11 is 0. The van der Waals surface area contributed by atoms with E-state index >= 15 is 0 Å². The van der Waals surface area contributed by atoms with Crippen molar-refractivity contribution in [1.82, 2.24) is 10.2 Å². The summed E-state index contributed by atoms with van der Waals surface area (Å²) in [5.74, 6) is 0.129. The first-order valence-corrected chi connectivity index (χ1v) is 9.53. The van der Waals surface area contributed by atoms with Crippen molar-refractivity contribution in [2.45, 2.75) is 23.5 Å². The number of fused-ring (bicyclic) bond motifs is 2. The molecule has 3 rings (SSSR count). The van der Waals surface area contributed by atoms with Crippen LogP contribution in [-0.4, -0.2) is 64.0 Å². The van der Waals surface area contributed by atoms with Crippen LogP contribution >= 0.6 is 0 Å². The van der Waals surface area contributed by atoms with Crippen LogP contribution in [0.5, 0.6) is 0 Å². The number of nitrogens with zero attached hydrogens (tertiary/aromatic N) is 2. The zero-order chi connectivity index (χ0) is 16.3. The number of hydrogen-bond acceptors (Lipinski definition) is 6. The second kappa shape index (κ2) is 6.97. The molecule has 0 amide bonds. The van der Waals surface area contributed by atoms with Crippen LogP contribution < -0.4 is 5.32 Å². The Balaban J connectivity index is 1.52. The summed E-state index contributed by atoms with van der Waals surface area (Å²) in [5, 5.41) is 12.1. The molecule has 23 heavy (non-hydrogen) atoms. The van der Waals surface area contributed by atoms with Gasteiger partial charge in [0.25, 0.3) is 0 Å². The Kier molecular flexibility index (Phi) is 4.97. The maximum Gasteiger partial charge on any atom is 0.178 e. The van der Waals surface area contributed by atoms with Crippen LogP contribution in [0.15, 0.2) is 29.2 Å². The standard InChI is InChI=1S/C16H21N3O3S/c17-8-13-2-4-16(5-3-13)23(20,21)7-1-6-19-11-14-9-18-10-15(12-19)22-14/h2-5,14-15,18H,1,6-7,9-12H2. The van der Waals surface area contributed by atoms with Gasteiger partial charge in [-0.25, -0.2) is 8.42 Å². The molecule has 2 fully saturated rings.